The molecular formula is C21H18FN3O2. The monoisotopic (exact) mass is 363 g/mol. The largest absolute Gasteiger partial charge is 0.382 e. The number of nitrogens with zero attached hydrogens (tertiary/aromatic N) is 3. The lowest BCUT2D eigenvalue weighted by atomic mass is 10.0. The van der Waals surface area contributed by atoms with Gasteiger partial charge in [-0.05, 0) is 29.8 Å². The molecule has 1 heterocycles. The summed E-state index contributed by atoms with van der Waals surface area (Å²) in [5.41, 5.74) is 2.61. The van der Waals surface area contributed by atoms with Gasteiger partial charge in [0.25, 0.3) is 5.91 Å². The number of carbonyl (C=O) groups excluding carboxylic acids is 1. The summed E-state index contributed by atoms with van der Waals surface area (Å²) in [6.45, 7) is 4.42. The fourth-order valence-electron chi connectivity index (χ4n) is 2.85. The number of amides is 1. The Morgan fingerprint density at radius 1 is 1.37 bits per heavy atom. The second-order valence-electron chi connectivity index (χ2n) is 6.16. The van der Waals surface area contributed by atoms with E-state index < -0.39 is 6.10 Å². The van der Waals surface area contributed by atoms with Crippen molar-refractivity contribution in [3.63, 3.8) is 0 Å². The van der Waals surface area contributed by atoms with Crippen LogP contribution in [0.15, 0.2) is 66.3 Å². The maximum absolute atomic E-state index is 13.4. The van der Waals surface area contributed by atoms with Gasteiger partial charge in [0.2, 0.25) is 6.10 Å². The van der Waals surface area contributed by atoms with E-state index in [-0.39, 0.29) is 18.1 Å². The number of oxime groups is 1. The molecule has 3 rings (SSSR count). The lowest BCUT2D eigenvalue weighted by molar-refractivity contribution is -0.142. The molecule has 27 heavy (non-hydrogen) atoms. The smallest absolute Gasteiger partial charge is 0.267 e. The molecule has 136 valence electrons. The third-order valence-electron chi connectivity index (χ3n) is 4.22. The lowest BCUT2D eigenvalue weighted by Gasteiger charge is -2.23. The van der Waals surface area contributed by atoms with Crippen molar-refractivity contribution < 1.29 is 14.0 Å². The molecule has 1 aliphatic heterocycles. The Balaban J connectivity index is 1.68. The van der Waals surface area contributed by atoms with Gasteiger partial charge in [-0.3, -0.25) is 4.79 Å². The Morgan fingerprint density at radius 2 is 2.15 bits per heavy atom. The van der Waals surface area contributed by atoms with Crippen LogP contribution in [0.5, 0.6) is 0 Å². The van der Waals surface area contributed by atoms with Gasteiger partial charge < -0.3 is 9.74 Å². The summed E-state index contributed by atoms with van der Waals surface area (Å²) in [7, 11) is 0. The number of hydrogen-bond donors (Lipinski definition) is 0. The summed E-state index contributed by atoms with van der Waals surface area (Å²) in [5.74, 6) is -0.575. The first-order valence-corrected chi connectivity index (χ1v) is 8.48. The quantitative estimate of drug-likeness (QED) is 0.739. The van der Waals surface area contributed by atoms with Crippen molar-refractivity contribution in [2.75, 3.05) is 6.54 Å². The zero-order valence-electron chi connectivity index (χ0n) is 14.6. The second kappa shape index (κ2) is 8.28. The maximum atomic E-state index is 13.4. The molecule has 0 fully saturated rings. The van der Waals surface area contributed by atoms with Crippen LogP contribution in [-0.4, -0.2) is 29.2 Å². The third-order valence-corrected chi connectivity index (χ3v) is 4.22. The Hall–Kier alpha value is -3.46. The van der Waals surface area contributed by atoms with Gasteiger partial charge in [0, 0.05) is 25.1 Å². The van der Waals surface area contributed by atoms with Crippen LogP contribution in [0.4, 0.5) is 4.39 Å². The van der Waals surface area contributed by atoms with Crippen molar-refractivity contribution in [2.45, 2.75) is 19.1 Å². The standard InChI is InChI=1S/C21H18FN3O2/c1-2-10-25(14-16-8-6-15(13-23)7-9-16)21(26)20-12-19(24-27-20)17-4-3-5-18(22)11-17/h2-9,11,20H,1,10,12,14H2. The molecule has 0 N–H and O–H groups in total. The summed E-state index contributed by atoms with van der Waals surface area (Å²) < 4.78 is 13.4. The zero-order chi connectivity index (χ0) is 19.2. The molecule has 1 atom stereocenters. The van der Waals surface area contributed by atoms with Crippen molar-refractivity contribution in [1.29, 1.82) is 5.26 Å². The molecule has 0 saturated carbocycles. The van der Waals surface area contributed by atoms with E-state index in [4.69, 9.17) is 10.1 Å². The number of hydrogen-bond acceptors (Lipinski definition) is 4. The van der Waals surface area contributed by atoms with Crippen LogP contribution in [-0.2, 0) is 16.2 Å². The van der Waals surface area contributed by atoms with Crippen molar-refractivity contribution in [3.05, 3.63) is 83.7 Å². The molecule has 1 unspecified atom stereocenters. The molecular weight excluding hydrogens is 345 g/mol. The van der Waals surface area contributed by atoms with Crippen LogP contribution in [0.25, 0.3) is 0 Å². The van der Waals surface area contributed by atoms with Crippen molar-refractivity contribution >= 4 is 11.6 Å². The molecule has 1 aliphatic rings. The molecule has 0 aromatic heterocycles. The van der Waals surface area contributed by atoms with E-state index in [1.807, 2.05) is 12.1 Å². The fourth-order valence-corrected chi connectivity index (χ4v) is 2.85. The van der Waals surface area contributed by atoms with Gasteiger partial charge in [0.15, 0.2) is 0 Å². The first kappa shape index (κ1) is 18.3. The van der Waals surface area contributed by atoms with Crippen molar-refractivity contribution in [3.8, 4) is 6.07 Å². The summed E-state index contributed by atoms with van der Waals surface area (Å²) in [4.78, 5) is 19.8. The van der Waals surface area contributed by atoms with Crippen LogP contribution in [0.2, 0.25) is 0 Å². The molecule has 0 aliphatic carbocycles. The van der Waals surface area contributed by atoms with Crippen molar-refractivity contribution in [1.82, 2.24) is 4.90 Å². The summed E-state index contributed by atoms with van der Waals surface area (Å²) in [6, 6.07) is 15.2. The van der Waals surface area contributed by atoms with Gasteiger partial charge in [-0.2, -0.15) is 5.26 Å². The average molecular weight is 363 g/mol. The molecule has 5 nitrogen and oxygen atoms in total. The summed E-state index contributed by atoms with van der Waals surface area (Å²) in [5, 5.41) is 12.8. The van der Waals surface area contributed by atoms with Crippen LogP contribution in [0.3, 0.4) is 0 Å². The van der Waals surface area contributed by atoms with E-state index in [2.05, 4.69) is 17.8 Å². The predicted molar refractivity (Wildman–Crippen MR) is 99.2 cm³/mol. The normalized spacial score (nSPS) is 15.4. The van der Waals surface area contributed by atoms with E-state index >= 15 is 0 Å². The molecule has 6 heteroatoms. The van der Waals surface area contributed by atoms with E-state index in [0.29, 0.717) is 29.9 Å². The molecule has 1 amide bonds. The van der Waals surface area contributed by atoms with Gasteiger partial charge in [0.1, 0.15) is 5.82 Å². The second-order valence-corrected chi connectivity index (χ2v) is 6.16. The Labute approximate surface area is 157 Å². The Morgan fingerprint density at radius 3 is 2.81 bits per heavy atom. The number of halogens is 1. The van der Waals surface area contributed by atoms with Crippen LogP contribution in [0.1, 0.15) is 23.1 Å². The van der Waals surface area contributed by atoms with Gasteiger partial charge in [-0.1, -0.05) is 35.5 Å². The molecule has 2 aromatic carbocycles. The number of benzene rings is 2. The highest BCUT2D eigenvalue weighted by Gasteiger charge is 2.32. The highest BCUT2D eigenvalue weighted by molar-refractivity contribution is 6.04. The first-order chi connectivity index (χ1) is 13.1. The van der Waals surface area contributed by atoms with Crippen LogP contribution < -0.4 is 0 Å². The minimum atomic E-state index is -0.749. The molecule has 2 aromatic rings. The van der Waals surface area contributed by atoms with E-state index in [1.165, 1.54) is 12.1 Å². The van der Waals surface area contributed by atoms with Crippen molar-refractivity contribution in [2.24, 2.45) is 5.16 Å². The van der Waals surface area contributed by atoms with Gasteiger partial charge in [-0.15, -0.1) is 6.58 Å². The van der Waals surface area contributed by atoms with Gasteiger partial charge in [-0.25, -0.2) is 4.39 Å². The van der Waals surface area contributed by atoms with E-state index in [9.17, 15) is 9.18 Å². The highest BCUT2D eigenvalue weighted by Crippen LogP contribution is 2.20. The minimum Gasteiger partial charge on any atom is -0.382 e. The highest BCUT2D eigenvalue weighted by atomic mass is 19.1. The maximum Gasteiger partial charge on any atom is 0.267 e. The Kier molecular flexibility index (Phi) is 5.62. The number of rotatable bonds is 6. The molecule has 0 bridgehead atoms. The first-order valence-electron chi connectivity index (χ1n) is 8.48. The number of carbonyl (C=O) groups is 1. The molecule has 0 saturated heterocycles. The van der Waals surface area contributed by atoms with Gasteiger partial charge in [0.05, 0.1) is 17.3 Å². The summed E-state index contributed by atoms with van der Waals surface area (Å²) >= 11 is 0. The third kappa shape index (κ3) is 4.39. The molecule has 0 spiro atoms. The molecule has 0 radical (unpaired) electrons. The zero-order valence-corrected chi connectivity index (χ0v) is 14.6. The van der Waals surface area contributed by atoms with E-state index in [1.54, 1.807) is 35.2 Å². The lowest BCUT2D eigenvalue weighted by Crippen LogP contribution is -2.39. The Bertz CT molecular complexity index is 916. The minimum absolute atomic E-state index is 0.214. The fraction of sp³-hybridized carbons (Fsp3) is 0.190. The van der Waals surface area contributed by atoms with E-state index in [0.717, 1.165) is 5.56 Å². The topological polar surface area (TPSA) is 65.7 Å². The van der Waals surface area contributed by atoms with Crippen LogP contribution >= 0.6 is 0 Å². The average Bonchev–Trinajstić information content (AvgIpc) is 3.18. The van der Waals surface area contributed by atoms with Gasteiger partial charge >= 0.3 is 0 Å². The number of nitriles is 1. The summed E-state index contributed by atoms with van der Waals surface area (Å²) in [6.07, 6.45) is 1.18. The predicted octanol–water partition coefficient (Wildman–Crippen LogP) is 3.41. The van der Waals surface area contributed by atoms with Crippen LogP contribution in [0, 0.1) is 17.1 Å². The SMILES string of the molecule is C=CCN(Cc1ccc(C#N)cc1)C(=O)C1CC(c2cccc(F)c2)=NO1.